The average molecular weight is 352 g/mol. The molecule has 1 atom stereocenters. The predicted octanol–water partition coefficient (Wildman–Crippen LogP) is 5.31. The van der Waals surface area contributed by atoms with Gasteiger partial charge < -0.3 is 0 Å². The van der Waals surface area contributed by atoms with Gasteiger partial charge in [-0.2, -0.15) is 10.5 Å². The van der Waals surface area contributed by atoms with Gasteiger partial charge in [-0.05, 0) is 16.7 Å². The van der Waals surface area contributed by atoms with Crippen molar-refractivity contribution in [2.45, 2.75) is 5.16 Å². The van der Waals surface area contributed by atoms with Gasteiger partial charge in [-0.15, -0.1) is 9.24 Å². The lowest BCUT2D eigenvalue weighted by atomic mass is 9.78. The first-order valence-corrected chi connectivity index (χ1v) is 8.80. The van der Waals surface area contributed by atoms with Gasteiger partial charge in [0.2, 0.25) is 0 Å². The van der Waals surface area contributed by atoms with Crippen LogP contribution < -0.4 is 0 Å². The standard InChI is InChI=1S/C23H17N2P/c24-16-19(17-25)22(18-10-4-1-5-11-18)23(26,20-12-6-2-7-13-20)21-14-8-3-9-15-21/h1-15H,26H2. The van der Waals surface area contributed by atoms with Gasteiger partial charge in [0.05, 0.1) is 5.16 Å². The maximum absolute atomic E-state index is 9.68. The predicted molar refractivity (Wildman–Crippen MR) is 108 cm³/mol. The Balaban J connectivity index is 2.42. The molecule has 0 radical (unpaired) electrons. The molecular weight excluding hydrogens is 335 g/mol. The highest BCUT2D eigenvalue weighted by Crippen LogP contribution is 2.50. The van der Waals surface area contributed by atoms with Crippen LogP contribution in [0.3, 0.4) is 0 Å². The fourth-order valence-electron chi connectivity index (χ4n) is 3.17. The van der Waals surface area contributed by atoms with E-state index in [0.717, 1.165) is 16.7 Å². The normalized spacial score (nSPS) is 10.4. The lowest BCUT2D eigenvalue weighted by Gasteiger charge is -2.34. The summed E-state index contributed by atoms with van der Waals surface area (Å²) in [6.45, 7) is 0. The number of nitrogens with zero attached hydrogens (tertiary/aromatic N) is 2. The van der Waals surface area contributed by atoms with Crippen LogP contribution in [0.1, 0.15) is 16.7 Å². The van der Waals surface area contributed by atoms with E-state index in [1.54, 1.807) is 0 Å². The summed E-state index contributed by atoms with van der Waals surface area (Å²) in [5.74, 6) is 0. The molecule has 0 aliphatic heterocycles. The highest BCUT2D eigenvalue weighted by Gasteiger charge is 2.36. The Morgan fingerprint density at radius 2 is 1.04 bits per heavy atom. The summed E-state index contributed by atoms with van der Waals surface area (Å²) in [6, 6.07) is 33.7. The second-order valence-corrected chi connectivity index (χ2v) is 6.75. The van der Waals surface area contributed by atoms with Gasteiger partial charge in [0.15, 0.2) is 0 Å². The molecule has 2 nitrogen and oxygen atoms in total. The molecule has 3 aromatic rings. The molecule has 26 heavy (non-hydrogen) atoms. The van der Waals surface area contributed by atoms with Crippen LogP contribution in [0.15, 0.2) is 96.6 Å². The van der Waals surface area contributed by atoms with E-state index in [-0.39, 0.29) is 5.57 Å². The van der Waals surface area contributed by atoms with Crippen LogP contribution in [0.2, 0.25) is 0 Å². The van der Waals surface area contributed by atoms with Crippen LogP contribution in [-0.4, -0.2) is 0 Å². The molecule has 0 aromatic heterocycles. The zero-order chi connectivity index (χ0) is 18.4. The van der Waals surface area contributed by atoms with Crippen molar-refractivity contribution in [2.24, 2.45) is 0 Å². The Morgan fingerprint density at radius 1 is 0.654 bits per heavy atom. The molecule has 124 valence electrons. The Hall–Kier alpha value is -3.19. The molecule has 0 heterocycles. The number of benzene rings is 3. The number of rotatable bonds is 4. The topological polar surface area (TPSA) is 47.6 Å². The second-order valence-electron chi connectivity index (χ2n) is 5.88. The third-order valence-corrected chi connectivity index (χ3v) is 5.34. The van der Waals surface area contributed by atoms with E-state index in [4.69, 9.17) is 0 Å². The smallest absolute Gasteiger partial charge is 0.135 e. The summed E-state index contributed by atoms with van der Waals surface area (Å²) in [6.07, 6.45) is 0. The lowest BCUT2D eigenvalue weighted by Crippen LogP contribution is -2.23. The molecule has 3 heteroatoms. The third kappa shape index (κ3) is 3.16. The van der Waals surface area contributed by atoms with E-state index in [9.17, 15) is 10.5 Å². The third-order valence-electron chi connectivity index (χ3n) is 4.39. The van der Waals surface area contributed by atoms with Crippen molar-refractivity contribution in [3.63, 3.8) is 0 Å². The summed E-state index contributed by atoms with van der Waals surface area (Å²) in [4.78, 5) is 0. The molecule has 3 aromatic carbocycles. The van der Waals surface area contributed by atoms with Gasteiger partial charge in [0.25, 0.3) is 0 Å². The number of allylic oxidation sites excluding steroid dienone is 2. The number of hydrogen-bond donors (Lipinski definition) is 0. The van der Waals surface area contributed by atoms with Crippen molar-refractivity contribution in [1.82, 2.24) is 0 Å². The summed E-state index contributed by atoms with van der Waals surface area (Å²) in [5.41, 5.74) is 3.65. The van der Waals surface area contributed by atoms with E-state index in [1.807, 2.05) is 91.0 Å². The zero-order valence-electron chi connectivity index (χ0n) is 14.1. The van der Waals surface area contributed by atoms with Gasteiger partial charge >= 0.3 is 0 Å². The maximum Gasteiger partial charge on any atom is 0.135 e. The first-order valence-electron chi connectivity index (χ1n) is 8.22. The molecule has 0 amide bonds. The molecule has 3 rings (SSSR count). The number of hydrogen-bond acceptors (Lipinski definition) is 2. The minimum absolute atomic E-state index is 0.110. The Morgan fingerprint density at radius 3 is 1.42 bits per heavy atom. The van der Waals surface area contributed by atoms with E-state index in [1.165, 1.54) is 0 Å². The van der Waals surface area contributed by atoms with Crippen LogP contribution >= 0.6 is 9.24 Å². The molecule has 1 unspecified atom stereocenters. The van der Waals surface area contributed by atoms with Crippen molar-refractivity contribution in [2.75, 3.05) is 0 Å². The monoisotopic (exact) mass is 352 g/mol. The molecule has 0 aliphatic carbocycles. The van der Waals surface area contributed by atoms with Gasteiger partial charge in [-0.1, -0.05) is 91.0 Å². The fourth-order valence-corrected chi connectivity index (χ4v) is 3.86. The molecule has 0 spiro atoms. The zero-order valence-corrected chi connectivity index (χ0v) is 15.3. The van der Waals surface area contributed by atoms with Gasteiger partial charge in [0, 0.05) is 5.57 Å². The Kier molecular flexibility index (Phi) is 5.28. The Labute approximate surface area is 156 Å². The lowest BCUT2D eigenvalue weighted by molar-refractivity contribution is 0.959. The summed E-state index contributed by atoms with van der Waals surface area (Å²) in [7, 11) is 2.90. The van der Waals surface area contributed by atoms with E-state index in [2.05, 4.69) is 21.4 Å². The summed E-state index contributed by atoms with van der Waals surface area (Å²) < 4.78 is 0. The fraction of sp³-hybridized carbons (Fsp3) is 0.0435. The first-order chi connectivity index (χ1) is 12.7. The van der Waals surface area contributed by atoms with E-state index >= 15 is 0 Å². The second kappa shape index (κ2) is 7.79. The van der Waals surface area contributed by atoms with Gasteiger partial charge in [0.1, 0.15) is 17.7 Å². The molecule has 0 saturated heterocycles. The number of nitriles is 2. The van der Waals surface area contributed by atoms with Crippen LogP contribution in [0.5, 0.6) is 0 Å². The van der Waals surface area contributed by atoms with Crippen LogP contribution in [0.4, 0.5) is 0 Å². The van der Waals surface area contributed by atoms with Crippen LogP contribution in [0, 0.1) is 22.7 Å². The van der Waals surface area contributed by atoms with Crippen molar-refractivity contribution in [3.05, 3.63) is 113 Å². The van der Waals surface area contributed by atoms with E-state index in [0.29, 0.717) is 5.57 Å². The Bertz CT molecular complexity index is 939. The largest absolute Gasteiger partial charge is 0.192 e. The molecule has 0 fully saturated rings. The van der Waals surface area contributed by atoms with Gasteiger partial charge in [-0.25, -0.2) is 0 Å². The van der Waals surface area contributed by atoms with Crippen molar-refractivity contribution in [3.8, 4) is 12.1 Å². The average Bonchev–Trinajstić information content (AvgIpc) is 2.73. The van der Waals surface area contributed by atoms with Gasteiger partial charge in [-0.3, -0.25) is 0 Å². The summed E-state index contributed by atoms with van der Waals surface area (Å²) >= 11 is 0. The van der Waals surface area contributed by atoms with Crippen molar-refractivity contribution >= 4 is 14.8 Å². The SMILES string of the molecule is N#CC(C#N)=C(c1ccccc1)C(P)(c1ccccc1)c1ccccc1. The maximum atomic E-state index is 9.68. The molecule has 0 bridgehead atoms. The quantitative estimate of drug-likeness (QED) is 0.472. The van der Waals surface area contributed by atoms with E-state index < -0.39 is 5.16 Å². The van der Waals surface area contributed by atoms with Crippen molar-refractivity contribution < 1.29 is 0 Å². The van der Waals surface area contributed by atoms with Crippen molar-refractivity contribution in [1.29, 1.82) is 10.5 Å². The molecule has 0 aliphatic rings. The molecule has 0 N–H and O–H groups in total. The minimum atomic E-state index is -0.718. The highest BCUT2D eigenvalue weighted by atomic mass is 31.0. The van der Waals surface area contributed by atoms with Crippen LogP contribution in [0.25, 0.3) is 5.57 Å². The van der Waals surface area contributed by atoms with Crippen LogP contribution in [-0.2, 0) is 5.16 Å². The molecular formula is C23H17N2P. The highest BCUT2D eigenvalue weighted by molar-refractivity contribution is 7.20. The minimum Gasteiger partial charge on any atom is -0.192 e. The summed E-state index contributed by atoms with van der Waals surface area (Å²) in [5, 5.41) is 18.6. The first kappa shape index (κ1) is 17.6. The molecule has 0 saturated carbocycles.